The minimum absolute atomic E-state index is 0. The molecule has 1 N–H and O–H groups in total. The molecule has 1 fully saturated rings. The molecule has 0 bridgehead atoms. The predicted molar refractivity (Wildman–Crippen MR) is 115 cm³/mol. The lowest BCUT2D eigenvalue weighted by molar-refractivity contribution is -0.127. The van der Waals surface area contributed by atoms with Crippen LogP contribution in [-0.2, 0) is 11.3 Å². The topological polar surface area (TPSA) is 47.9 Å². The first-order valence-electron chi connectivity index (χ1n) is 8.62. The van der Waals surface area contributed by atoms with Gasteiger partial charge in [-0.2, -0.15) is 0 Å². The van der Waals surface area contributed by atoms with E-state index in [2.05, 4.69) is 22.1 Å². The molecule has 0 saturated carbocycles. The lowest BCUT2D eigenvalue weighted by Crippen LogP contribution is -2.38. The van der Waals surface area contributed by atoms with Crippen molar-refractivity contribution in [2.45, 2.75) is 32.7 Å². The molecule has 0 atom stereocenters. The zero-order valence-corrected chi connectivity index (χ0v) is 18.1. The average Bonchev–Trinajstić information content (AvgIpc) is 2.97. The molecule has 0 aliphatic carbocycles. The number of hydrogen-bond acceptors (Lipinski definition) is 2. The van der Waals surface area contributed by atoms with Crippen LogP contribution in [0.15, 0.2) is 29.3 Å². The van der Waals surface area contributed by atoms with Gasteiger partial charge >= 0.3 is 0 Å². The molecule has 0 radical (unpaired) electrons. The van der Waals surface area contributed by atoms with Crippen molar-refractivity contribution in [3.8, 4) is 0 Å². The lowest BCUT2D eigenvalue weighted by Gasteiger charge is -2.23. The maximum Gasteiger partial charge on any atom is 0.222 e. The monoisotopic (exact) mass is 478 g/mol. The Morgan fingerprint density at radius 1 is 1.40 bits per heavy atom. The van der Waals surface area contributed by atoms with Crippen molar-refractivity contribution >= 4 is 47.4 Å². The second kappa shape index (κ2) is 11.6. The summed E-state index contributed by atoms with van der Waals surface area (Å²) in [5.41, 5.74) is 1.08. The summed E-state index contributed by atoms with van der Waals surface area (Å²) in [6, 6.07) is 7.86. The van der Waals surface area contributed by atoms with E-state index in [-0.39, 0.29) is 29.9 Å². The number of aliphatic imine (C=N–C) groups is 1. The minimum Gasteiger partial charge on any atom is -0.357 e. The van der Waals surface area contributed by atoms with Gasteiger partial charge in [0.1, 0.15) is 0 Å². The van der Waals surface area contributed by atoms with E-state index >= 15 is 0 Å². The van der Waals surface area contributed by atoms with E-state index in [9.17, 15) is 4.79 Å². The van der Waals surface area contributed by atoms with Gasteiger partial charge in [0.2, 0.25) is 5.91 Å². The number of hydrogen-bond donors (Lipinski definition) is 1. The van der Waals surface area contributed by atoms with E-state index < -0.39 is 0 Å². The van der Waals surface area contributed by atoms with E-state index in [1.165, 1.54) is 0 Å². The van der Waals surface area contributed by atoms with Crippen molar-refractivity contribution in [2.24, 2.45) is 4.99 Å². The largest absolute Gasteiger partial charge is 0.357 e. The molecule has 7 heteroatoms. The molecular weight excluding hydrogens is 451 g/mol. The van der Waals surface area contributed by atoms with Crippen LogP contribution in [0.4, 0.5) is 0 Å². The molecule has 25 heavy (non-hydrogen) atoms. The van der Waals surface area contributed by atoms with Crippen LogP contribution in [0, 0.1) is 0 Å². The molecule has 0 spiro atoms. The first kappa shape index (κ1) is 22.0. The normalized spacial score (nSPS) is 14.4. The number of rotatable bonds is 7. The van der Waals surface area contributed by atoms with Crippen molar-refractivity contribution in [1.29, 1.82) is 0 Å². The summed E-state index contributed by atoms with van der Waals surface area (Å²) in [4.78, 5) is 20.3. The molecule has 0 aromatic heterocycles. The molecule has 2 rings (SSSR count). The summed E-state index contributed by atoms with van der Waals surface area (Å²) in [7, 11) is 2.01. The molecule has 140 valence electrons. The summed E-state index contributed by atoms with van der Waals surface area (Å²) in [6.07, 6.45) is 2.58. The standard InChI is InChI=1S/C18H27ClN4O.HI/c1-3-20-18(21-11-7-13-23-12-6-10-17(23)24)22(2)14-15-8-4-5-9-16(15)19;/h4-5,8-9H,3,6-7,10-14H2,1-2H3,(H,20,21);1H. The third-order valence-electron chi connectivity index (χ3n) is 4.08. The molecule has 0 unspecified atom stereocenters. The number of likely N-dealkylation sites (tertiary alicyclic amines) is 1. The zero-order valence-electron chi connectivity index (χ0n) is 15.0. The van der Waals surface area contributed by atoms with E-state index in [4.69, 9.17) is 11.6 Å². The Labute approximate surface area is 172 Å². The average molecular weight is 479 g/mol. The highest BCUT2D eigenvalue weighted by molar-refractivity contribution is 14.0. The lowest BCUT2D eigenvalue weighted by atomic mass is 10.2. The maximum absolute atomic E-state index is 11.6. The zero-order chi connectivity index (χ0) is 17.4. The number of guanidine groups is 1. The van der Waals surface area contributed by atoms with Crippen LogP contribution in [0.25, 0.3) is 0 Å². The summed E-state index contributed by atoms with van der Waals surface area (Å²) < 4.78 is 0. The molecular formula is C18H28ClIN4O. The van der Waals surface area contributed by atoms with Gasteiger partial charge in [-0.1, -0.05) is 29.8 Å². The van der Waals surface area contributed by atoms with Crippen molar-refractivity contribution in [1.82, 2.24) is 15.1 Å². The Hall–Kier alpha value is -1.02. The van der Waals surface area contributed by atoms with Gasteiger partial charge in [0, 0.05) is 51.2 Å². The Morgan fingerprint density at radius 3 is 2.80 bits per heavy atom. The second-order valence-electron chi connectivity index (χ2n) is 6.02. The fraction of sp³-hybridized carbons (Fsp3) is 0.556. The van der Waals surface area contributed by atoms with Crippen molar-refractivity contribution in [3.63, 3.8) is 0 Å². The second-order valence-corrected chi connectivity index (χ2v) is 6.43. The van der Waals surface area contributed by atoms with Crippen molar-refractivity contribution in [2.75, 3.05) is 33.2 Å². The summed E-state index contributed by atoms with van der Waals surface area (Å²) in [5.74, 6) is 1.15. The molecule has 1 aliphatic heterocycles. The highest BCUT2D eigenvalue weighted by atomic mass is 127. The van der Waals surface area contributed by atoms with Gasteiger partial charge in [-0.3, -0.25) is 9.79 Å². The first-order chi connectivity index (χ1) is 11.6. The van der Waals surface area contributed by atoms with Crippen molar-refractivity contribution < 1.29 is 4.79 Å². The third kappa shape index (κ3) is 7.01. The number of nitrogens with one attached hydrogen (secondary N) is 1. The van der Waals surface area contributed by atoms with Gasteiger partial charge in [0.25, 0.3) is 0 Å². The highest BCUT2D eigenvalue weighted by Crippen LogP contribution is 2.16. The molecule has 1 aliphatic rings. The predicted octanol–water partition coefficient (Wildman–Crippen LogP) is 3.37. The maximum atomic E-state index is 11.6. The van der Waals surface area contributed by atoms with Crippen LogP contribution in [0.2, 0.25) is 5.02 Å². The van der Waals surface area contributed by atoms with E-state index in [1.54, 1.807) is 0 Å². The molecule has 1 heterocycles. The van der Waals surface area contributed by atoms with Crippen LogP contribution in [0.1, 0.15) is 31.7 Å². The number of carbonyl (C=O) groups is 1. The van der Waals surface area contributed by atoms with Gasteiger partial charge in [0.05, 0.1) is 0 Å². The van der Waals surface area contributed by atoms with Crippen LogP contribution in [-0.4, -0.2) is 54.9 Å². The quantitative estimate of drug-likeness (QED) is 0.283. The summed E-state index contributed by atoms with van der Waals surface area (Å²) >= 11 is 6.24. The molecule has 1 aromatic rings. The highest BCUT2D eigenvalue weighted by Gasteiger charge is 2.19. The van der Waals surface area contributed by atoms with Crippen LogP contribution >= 0.6 is 35.6 Å². The molecule has 5 nitrogen and oxygen atoms in total. The Balaban J connectivity index is 0.00000312. The van der Waals surface area contributed by atoms with Gasteiger partial charge in [0.15, 0.2) is 5.96 Å². The molecule has 1 aromatic carbocycles. The van der Waals surface area contributed by atoms with Gasteiger partial charge in [-0.05, 0) is 31.4 Å². The summed E-state index contributed by atoms with van der Waals surface area (Å²) in [5, 5.41) is 4.08. The number of nitrogens with zero attached hydrogens (tertiary/aromatic N) is 3. The Kier molecular flexibility index (Phi) is 10.2. The van der Waals surface area contributed by atoms with E-state index in [0.717, 1.165) is 49.0 Å². The Morgan fingerprint density at radius 2 is 2.16 bits per heavy atom. The van der Waals surface area contributed by atoms with E-state index in [1.807, 2.05) is 36.2 Å². The fourth-order valence-electron chi connectivity index (χ4n) is 2.81. The first-order valence-corrected chi connectivity index (χ1v) is 9.00. The van der Waals surface area contributed by atoms with Gasteiger partial charge < -0.3 is 15.1 Å². The van der Waals surface area contributed by atoms with Crippen LogP contribution in [0.5, 0.6) is 0 Å². The third-order valence-corrected chi connectivity index (χ3v) is 4.45. The van der Waals surface area contributed by atoms with E-state index in [0.29, 0.717) is 19.5 Å². The molecule has 1 amide bonds. The number of benzene rings is 1. The number of carbonyl (C=O) groups excluding carboxylic acids is 1. The SMILES string of the molecule is CCNC(=NCCCN1CCCC1=O)N(C)Cc1ccccc1Cl.I. The smallest absolute Gasteiger partial charge is 0.222 e. The number of amides is 1. The van der Waals surface area contributed by atoms with Gasteiger partial charge in [-0.15, -0.1) is 24.0 Å². The Bertz CT molecular complexity index is 582. The van der Waals surface area contributed by atoms with Crippen molar-refractivity contribution in [3.05, 3.63) is 34.9 Å². The molecule has 1 saturated heterocycles. The number of halogens is 2. The van der Waals surface area contributed by atoms with Gasteiger partial charge in [-0.25, -0.2) is 0 Å². The minimum atomic E-state index is 0. The van der Waals surface area contributed by atoms with Crippen LogP contribution < -0.4 is 5.32 Å². The summed E-state index contributed by atoms with van der Waals surface area (Å²) in [6.45, 7) is 5.98. The van der Waals surface area contributed by atoms with Crippen LogP contribution in [0.3, 0.4) is 0 Å². The fourth-order valence-corrected chi connectivity index (χ4v) is 3.01.